The van der Waals surface area contributed by atoms with E-state index >= 15 is 0 Å². The van der Waals surface area contributed by atoms with Crippen LogP contribution in [0.15, 0.2) is 36.7 Å². The van der Waals surface area contributed by atoms with E-state index in [0.29, 0.717) is 47.7 Å². The van der Waals surface area contributed by atoms with E-state index in [-0.39, 0.29) is 22.7 Å². The van der Waals surface area contributed by atoms with Crippen LogP contribution in [-0.4, -0.2) is 58.8 Å². The highest BCUT2D eigenvalue weighted by Crippen LogP contribution is 2.36. The number of carbonyl (C=O) groups excluding carboxylic acids is 1. The Morgan fingerprint density at radius 1 is 1.35 bits per heavy atom. The summed E-state index contributed by atoms with van der Waals surface area (Å²) in [5, 5.41) is 12.6. The maximum absolute atomic E-state index is 14.4. The van der Waals surface area contributed by atoms with Gasteiger partial charge in [-0.3, -0.25) is 4.79 Å². The van der Waals surface area contributed by atoms with E-state index in [4.69, 9.17) is 26.2 Å². The largest absolute Gasteiger partial charge is 0.493 e. The molecule has 1 atom stereocenters. The molecule has 3 aromatic rings. The van der Waals surface area contributed by atoms with Crippen LogP contribution in [0.4, 0.5) is 15.9 Å². The topological polar surface area (TPSA) is 96.8 Å². The van der Waals surface area contributed by atoms with Gasteiger partial charge in [-0.2, -0.15) is 0 Å². The molecule has 4 rings (SSSR count). The first kappa shape index (κ1) is 21.1. The maximum atomic E-state index is 14.4. The lowest BCUT2D eigenvalue weighted by atomic mass is 10.2. The first-order valence-electron chi connectivity index (χ1n) is 9.59. The summed E-state index contributed by atoms with van der Waals surface area (Å²) in [4.78, 5) is 21.8. The molecule has 1 amide bonds. The normalized spacial score (nSPS) is 15.9. The van der Waals surface area contributed by atoms with Gasteiger partial charge in [0.2, 0.25) is 5.91 Å². The minimum absolute atomic E-state index is 0.00253. The van der Waals surface area contributed by atoms with Crippen LogP contribution in [-0.2, 0) is 4.79 Å². The van der Waals surface area contributed by atoms with Crippen LogP contribution in [0.1, 0.15) is 6.42 Å². The number of halogens is 2. The molecular formula is C21H20ClFN4O4. The fraction of sp³-hybridized carbons (Fsp3) is 0.286. The van der Waals surface area contributed by atoms with Gasteiger partial charge < -0.3 is 24.8 Å². The number of fused-ring (bicyclic) bond motifs is 1. The second kappa shape index (κ2) is 8.91. The number of benzene rings is 2. The molecule has 0 bridgehead atoms. The van der Waals surface area contributed by atoms with Crippen LogP contribution in [0.2, 0.25) is 5.02 Å². The number of methoxy groups -OCH3 is 1. The van der Waals surface area contributed by atoms with Gasteiger partial charge >= 0.3 is 0 Å². The number of ether oxygens (including phenoxy) is 2. The highest BCUT2D eigenvalue weighted by Gasteiger charge is 2.28. The fourth-order valence-corrected chi connectivity index (χ4v) is 3.65. The summed E-state index contributed by atoms with van der Waals surface area (Å²) in [6.45, 7) is 0.340. The van der Waals surface area contributed by atoms with Crippen molar-refractivity contribution in [2.45, 2.75) is 12.5 Å². The third-order valence-corrected chi connectivity index (χ3v) is 5.34. The number of anilines is 2. The summed E-state index contributed by atoms with van der Waals surface area (Å²) in [5.74, 6) is 0.378. The molecule has 1 saturated heterocycles. The Balaban J connectivity index is 1.66. The zero-order valence-corrected chi connectivity index (χ0v) is 17.4. The lowest BCUT2D eigenvalue weighted by Gasteiger charge is -2.18. The highest BCUT2D eigenvalue weighted by molar-refractivity contribution is 6.31. The van der Waals surface area contributed by atoms with Gasteiger partial charge in [0.15, 0.2) is 17.3 Å². The molecule has 1 aliphatic heterocycles. The Hall–Kier alpha value is -3.17. The lowest BCUT2D eigenvalue weighted by Crippen LogP contribution is -2.32. The molecule has 162 valence electrons. The third kappa shape index (κ3) is 4.33. The molecule has 0 radical (unpaired) electrons. The number of carbonyl (C=O) groups is 1. The monoisotopic (exact) mass is 446 g/mol. The standard InChI is InChI=1S/C21H20ClFN4O4/c1-30-17-8-16-13(7-18(17)31-12-5-6-27(9-12)19(29)10-28)21(25-11-24-16)26-15-4-2-3-14(22)20(15)23/h2-4,7-8,11-12,28H,5-6,9-10H2,1H3,(H,24,25,26)/t12-/m1/s1. The Morgan fingerprint density at radius 3 is 2.97 bits per heavy atom. The van der Waals surface area contributed by atoms with Gasteiger partial charge in [0, 0.05) is 24.4 Å². The van der Waals surface area contributed by atoms with Crippen molar-refractivity contribution in [2.75, 3.05) is 32.1 Å². The number of nitrogens with one attached hydrogen (secondary N) is 1. The van der Waals surface area contributed by atoms with E-state index < -0.39 is 12.4 Å². The van der Waals surface area contributed by atoms with Crippen molar-refractivity contribution in [3.63, 3.8) is 0 Å². The molecule has 31 heavy (non-hydrogen) atoms. The predicted octanol–water partition coefficient (Wildman–Crippen LogP) is 3.15. The van der Waals surface area contributed by atoms with Crippen LogP contribution in [0.5, 0.6) is 11.5 Å². The number of aliphatic hydroxyl groups excluding tert-OH is 1. The Bertz CT molecular complexity index is 1130. The van der Waals surface area contributed by atoms with Crippen LogP contribution in [0.3, 0.4) is 0 Å². The third-order valence-electron chi connectivity index (χ3n) is 5.05. The van der Waals surface area contributed by atoms with Crippen LogP contribution >= 0.6 is 11.6 Å². The molecule has 10 heteroatoms. The van der Waals surface area contributed by atoms with Gasteiger partial charge in [0.1, 0.15) is 24.9 Å². The van der Waals surface area contributed by atoms with E-state index in [1.807, 2.05) is 0 Å². The molecule has 0 saturated carbocycles. The highest BCUT2D eigenvalue weighted by atomic mass is 35.5. The fourth-order valence-electron chi connectivity index (χ4n) is 3.47. The van der Waals surface area contributed by atoms with Crippen molar-refractivity contribution >= 4 is 39.9 Å². The van der Waals surface area contributed by atoms with E-state index in [1.54, 1.807) is 29.2 Å². The van der Waals surface area contributed by atoms with Crippen molar-refractivity contribution in [1.82, 2.24) is 14.9 Å². The van der Waals surface area contributed by atoms with Crippen molar-refractivity contribution in [3.05, 3.63) is 47.5 Å². The zero-order chi connectivity index (χ0) is 22.0. The minimum atomic E-state index is -0.583. The lowest BCUT2D eigenvalue weighted by molar-refractivity contribution is -0.133. The Kier molecular flexibility index (Phi) is 6.06. The first-order valence-corrected chi connectivity index (χ1v) is 9.97. The van der Waals surface area contributed by atoms with Gasteiger partial charge in [-0.25, -0.2) is 14.4 Å². The molecular weight excluding hydrogens is 427 g/mol. The average molecular weight is 447 g/mol. The van der Waals surface area contributed by atoms with Gasteiger partial charge in [0.05, 0.1) is 29.9 Å². The molecule has 1 fully saturated rings. The van der Waals surface area contributed by atoms with E-state index in [2.05, 4.69) is 15.3 Å². The summed E-state index contributed by atoms with van der Waals surface area (Å²) in [6.07, 6.45) is 1.73. The minimum Gasteiger partial charge on any atom is -0.493 e. The smallest absolute Gasteiger partial charge is 0.248 e. The molecule has 1 aromatic heterocycles. The van der Waals surface area contributed by atoms with Gasteiger partial charge in [-0.05, 0) is 18.2 Å². The molecule has 2 N–H and O–H groups in total. The number of aromatic nitrogens is 2. The van der Waals surface area contributed by atoms with E-state index in [1.165, 1.54) is 19.5 Å². The maximum Gasteiger partial charge on any atom is 0.248 e. The van der Waals surface area contributed by atoms with Gasteiger partial charge in [-0.15, -0.1) is 0 Å². The molecule has 0 unspecified atom stereocenters. The van der Waals surface area contributed by atoms with Crippen molar-refractivity contribution in [1.29, 1.82) is 0 Å². The molecule has 8 nitrogen and oxygen atoms in total. The number of hydrogen-bond donors (Lipinski definition) is 2. The Labute approximate surface area is 182 Å². The van der Waals surface area contributed by atoms with Crippen LogP contribution < -0.4 is 14.8 Å². The molecule has 0 spiro atoms. The summed E-state index contributed by atoms with van der Waals surface area (Å²) in [6, 6.07) is 8.08. The van der Waals surface area contributed by atoms with E-state index in [0.717, 1.165) is 0 Å². The number of amides is 1. The Morgan fingerprint density at radius 2 is 2.19 bits per heavy atom. The number of nitrogens with zero attached hydrogens (tertiary/aromatic N) is 3. The SMILES string of the molecule is COc1cc2ncnc(Nc3cccc(Cl)c3F)c2cc1O[C@@H]1CCN(C(=O)CO)C1. The van der Waals surface area contributed by atoms with Crippen molar-refractivity contribution in [3.8, 4) is 11.5 Å². The van der Waals surface area contributed by atoms with Crippen molar-refractivity contribution < 1.29 is 23.8 Å². The predicted molar refractivity (Wildman–Crippen MR) is 113 cm³/mol. The second-order valence-corrected chi connectivity index (χ2v) is 7.40. The molecule has 2 heterocycles. The number of likely N-dealkylation sites (tertiary alicyclic amines) is 1. The summed E-state index contributed by atoms with van der Waals surface area (Å²) < 4.78 is 25.9. The van der Waals surface area contributed by atoms with E-state index in [9.17, 15) is 9.18 Å². The number of hydrogen-bond acceptors (Lipinski definition) is 7. The summed E-state index contributed by atoms with van der Waals surface area (Å²) in [7, 11) is 1.52. The van der Waals surface area contributed by atoms with Crippen LogP contribution in [0.25, 0.3) is 10.9 Å². The number of rotatable bonds is 6. The van der Waals surface area contributed by atoms with Gasteiger partial charge in [-0.1, -0.05) is 17.7 Å². The molecule has 2 aromatic carbocycles. The molecule has 0 aliphatic carbocycles. The zero-order valence-electron chi connectivity index (χ0n) is 16.6. The summed E-state index contributed by atoms with van der Waals surface area (Å²) in [5.41, 5.74) is 0.757. The number of aliphatic hydroxyl groups is 1. The quantitative estimate of drug-likeness (QED) is 0.600. The second-order valence-electron chi connectivity index (χ2n) is 7.00. The average Bonchev–Trinajstić information content (AvgIpc) is 3.25. The first-order chi connectivity index (χ1) is 15.0. The van der Waals surface area contributed by atoms with Crippen LogP contribution in [0, 0.1) is 5.82 Å². The molecule has 1 aliphatic rings. The van der Waals surface area contributed by atoms with Gasteiger partial charge in [0.25, 0.3) is 0 Å². The van der Waals surface area contributed by atoms with Crippen molar-refractivity contribution in [2.24, 2.45) is 0 Å². The summed E-state index contributed by atoms with van der Waals surface area (Å²) >= 11 is 5.87.